The van der Waals surface area contributed by atoms with Crippen molar-refractivity contribution in [2.45, 2.75) is 5.03 Å². The Balaban J connectivity index is 2.20. The van der Waals surface area contributed by atoms with E-state index >= 15 is 0 Å². The van der Waals surface area contributed by atoms with E-state index < -0.39 is 0 Å². The first kappa shape index (κ1) is 11.2. The predicted octanol–water partition coefficient (Wildman–Crippen LogP) is 4.06. The lowest BCUT2D eigenvalue weighted by molar-refractivity contribution is 0.581. The minimum absolute atomic E-state index is 0.840. The monoisotopic (exact) mass is 256 g/mol. The largest absolute Gasteiger partial charge is 0.464 e. The zero-order valence-electron chi connectivity index (χ0n) is 9.88. The fourth-order valence-electron chi connectivity index (χ4n) is 1.94. The summed E-state index contributed by atoms with van der Waals surface area (Å²) < 4.78 is 5.51. The standard InChI is InChI=1S/C14H12N2OS/c1-18-14-12(11-8-5-9-17-11)13(15-16-14)10-6-3-2-4-7-10/h2-9H,1H3,(H,15,16). The van der Waals surface area contributed by atoms with E-state index in [1.807, 2.05) is 36.6 Å². The number of rotatable bonds is 3. The number of benzene rings is 1. The molecule has 4 heteroatoms. The molecule has 3 nitrogen and oxygen atoms in total. The molecule has 0 unspecified atom stereocenters. The third kappa shape index (κ3) is 1.84. The number of aromatic amines is 1. The minimum Gasteiger partial charge on any atom is -0.464 e. The number of hydrogen-bond acceptors (Lipinski definition) is 3. The predicted molar refractivity (Wildman–Crippen MR) is 73.5 cm³/mol. The molecule has 2 aromatic heterocycles. The first-order valence-corrected chi connectivity index (χ1v) is 6.84. The van der Waals surface area contributed by atoms with E-state index in [1.54, 1.807) is 18.0 Å². The van der Waals surface area contributed by atoms with Crippen LogP contribution >= 0.6 is 11.8 Å². The first-order chi connectivity index (χ1) is 8.90. The van der Waals surface area contributed by atoms with Crippen molar-refractivity contribution in [1.29, 1.82) is 0 Å². The molecule has 18 heavy (non-hydrogen) atoms. The molecule has 0 saturated heterocycles. The molecule has 0 aliphatic rings. The van der Waals surface area contributed by atoms with Crippen LogP contribution in [0.15, 0.2) is 58.2 Å². The van der Waals surface area contributed by atoms with E-state index in [9.17, 15) is 0 Å². The van der Waals surface area contributed by atoms with Crippen LogP contribution in [0.3, 0.4) is 0 Å². The van der Waals surface area contributed by atoms with Gasteiger partial charge in [-0.25, -0.2) is 0 Å². The van der Waals surface area contributed by atoms with Crippen molar-refractivity contribution in [3.8, 4) is 22.6 Å². The Hall–Kier alpha value is -1.94. The fourth-order valence-corrected chi connectivity index (χ4v) is 2.48. The lowest BCUT2D eigenvalue weighted by Gasteiger charge is -2.02. The number of furan rings is 1. The van der Waals surface area contributed by atoms with Gasteiger partial charge in [0.1, 0.15) is 10.8 Å². The van der Waals surface area contributed by atoms with E-state index in [2.05, 4.69) is 22.3 Å². The molecule has 3 aromatic rings. The molecule has 0 saturated carbocycles. The van der Waals surface area contributed by atoms with E-state index in [0.29, 0.717) is 0 Å². The van der Waals surface area contributed by atoms with Gasteiger partial charge in [-0.15, -0.1) is 11.8 Å². The van der Waals surface area contributed by atoms with Gasteiger partial charge in [0, 0.05) is 5.56 Å². The van der Waals surface area contributed by atoms with E-state index in [1.165, 1.54) is 0 Å². The van der Waals surface area contributed by atoms with Gasteiger partial charge in [-0.1, -0.05) is 30.3 Å². The minimum atomic E-state index is 0.840. The van der Waals surface area contributed by atoms with Crippen LogP contribution in [0.5, 0.6) is 0 Å². The Morgan fingerprint density at radius 1 is 1.11 bits per heavy atom. The highest BCUT2D eigenvalue weighted by Gasteiger charge is 2.17. The number of hydrogen-bond donors (Lipinski definition) is 1. The molecule has 3 rings (SSSR count). The summed E-state index contributed by atoms with van der Waals surface area (Å²) in [5, 5.41) is 8.39. The van der Waals surface area contributed by atoms with Gasteiger partial charge in [0.05, 0.1) is 17.5 Å². The molecule has 0 spiro atoms. The van der Waals surface area contributed by atoms with Gasteiger partial charge < -0.3 is 4.42 Å². The van der Waals surface area contributed by atoms with Crippen LogP contribution in [0.1, 0.15) is 0 Å². The summed E-state index contributed by atoms with van der Waals surface area (Å²) in [5.41, 5.74) is 3.13. The van der Waals surface area contributed by atoms with Crippen LogP contribution in [0.25, 0.3) is 22.6 Å². The second kappa shape index (κ2) is 4.74. The third-order valence-corrected chi connectivity index (χ3v) is 3.44. The van der Waals surface area contributed by atoms with Crippen LogP contribution < -0.4 is 0 Å². The topological polar surface area (TPSA) is 41.8 Å². The highest BCUT2D eigenvalue weighted by molar-refractivity contribution is 7.98. The summed E-state index contributed by atoms with van der Waals surface area (Å²) in [6, 6.07) is 14.0. The molecular weight excluding hydrogens is 244 g/mol. The van der Waals surface area contributed by atoms with Crippen LogP contribution in [-0.4, -0.2) is 16.5 Å². The maximum Gasteiger partial charge on any atom is 0.138 e. The number of thioether (sulfide) groups is 1. The van der Waals surface area contributed by atoms with Crippen molar-refractivity contribution in [2.24, 2.45) is 0 Å². The molecule has 1 N–H and O–H groups in total. The summed E-state index contributed by atoms with van der Waals surface area (Å²) in [7, 11) is 0. The Bertz CT molecular complexity index is 629. The highest BCUT2D eigenvalue weighted by atomic mass is 32.2. The molecule has 90 valence electrons. The van der Waals surface area contributed by atoms with Gasteiger partial charge in [-0.3, -0.25) is 5.10 Å². The van der Waals surface area contributed by atoms with E-state index in [0.717, 1.165) is 27.6 Å². The molecule has 2 heterocycles. The maximum absolute atomic E-state index is 5.51. The smallest absolute Gasteiger partial charge is 0.138 e. The number of aromatic nitrogens is 2. The quantitative estimate of drug-likeness (QED) is 0.718. The normalized spacial score (nSPS) is 10.7. The molecule has 0 aliphatic carbocycles. The zero-order valence-corrected chi connectivity index (χ0v) is 10.7. The van der Waals surface area contributed by atoms with Crippen molar-refractivity contribution in [3.05, 3.63) is 48.7 Å². The van der Waals surface area contributed by atoms with Gasteiger partial charge >= 0.3 is 0 Å². The summed E-state index contributed by atoms with van der Waals surface area (Å²) in [5.74, 6) is 0.840. The van der Waals surface area contributed by atoms with Crippen molar-refractivity contribution < 1.29 is 4.42 Å². The highest BCUT2D eigenvalue weighted by Crippen LogP contribution is 2.36. The SMILES string of the molecule is CSc1n[nH]c(-c2ccccc2)c1-c1ccco1. The summed E-state index contributed by atoms with van der Waals surface area (Å²) in [6.07, 6.45) is 3.69. The number of H-pyrrole nitrogens is 1. The van der Waals surface area contributed by atoms with Gasteiger partial charge in [0.15, 0.2) is 0 Å². The van der Waals surface area contributed by atoms with Crippen LogP contribution in [-0.2, 0) is 0 Å². The summed E-state index contributed by atoms with van der Waals surface area (Å²) >= 11 is 1.61. The van der Waals surface area contributed by atoms with Crippen molar-refractivity contribution in [3.63, 3.8) is 0 Å². The molecule has 0 bridgehead atoms. The van der Waals surface area contributed by atoms with Crippen LogP contribution in [0, 0.1) is 0 Å². The van der Waals surface area contributed by atoms with Crippen molar-refractivity contribution in [2.75, 3.05) is 6.26 Å². The van der Waals surface area contributed by atoms with E-state index in [-0.39, 0.29) is 0 Å². The van der Waals surface area contributed by atoms with E-state index in [4.69, 9.17) is 4.42 Å². The van der Waals surface area contributed by atoms with Gasteiger partial charge in [-0.2, -0.15) is 5.10 Å². The lowest BCUT2D eigenvalue weighted by Crippen LogP contribution is -1.81. The fraction of sp³-hybridized carbons (Fsp3) is 0.0714. The lowest BCUT2D eigenvalue weighted by atomic mass is 10.1. The molecular formula is C14H12N2OS. The third-order valence-electron chi connectivity index (χ3n) is 2.76. The average molecular weight is 256 g/mol. The Morgan fingerprint density at radius 3 is 2.61 bits per heavy atom. The summed E-state index contributed by atoms with van der Waals surface area (Å²) in [4.78, 5) is 0. The van der Waals surface area contributed by atoms with Crippen LogP contribution in [0.2, 0.25) is 0 Å². The molecule has 0 amide bonds. The van der Waals surface area contributed by atoms with Gasteiger partial charge in [0.25, 0.3) is 0 Å². The zero-order chi connectivity index (χ0) is 12.4. The van der Waals surface area contributed by atoms with Gasteiger partial charge in [-0.05, 0) is 18.4 Å². The second-order valence-corrected chi connectivity index (χ2v) is 4.62. The molecule has 1 aromatic carbocycles. The van der Waals surface area contributed by atoms with Crippen molar-refractivity contribution >= 4 is 11.8 Å². The number of nitrogens with zero attached hydrogens (tertiary/aromatic N) is 1. The Labute approximate surface area is 109 Å². The van der Waals surface area contributed by atoms with Crippen molar-refractivity contribution in [1.82, 2.24) is 10.2 Å². The number of nitrogens with one attached hydrogen (secondary N) is 1. The Morgan fingerprint density at radius 2 is 1.94 bits per heavy atom. The molecule has 0 atom stereocenters. The van der Waals surface area contributed by atoms with Crippen LogP contribution in [0.4, 0.5) is 0 Å². The Kier molecular flexibility index (Phi) is 2.94. The molecule has 0 aliphatic heterocycles. The summed E-state index contributed by atoms with van der Waals surface area (Å²) in [6.45, 7) is 0. The average Bonchev–Trinajstić information content (AvgIpc) is 3.08. The molecule has 0 fully saturated rings. The second-order valence-electron chi connectivity index (χ2n) is 3.83. The maximum atomic E-state index is 5.51. The molecule has 0 radical (unpaired) electrons. The van der Waals surface area contributed by atoms with Gasteiger partial charge in [0.2, 0.25) is 0 Å². The first-order valence-electron chi connectivity index (χ1n) is 5.62.